The molecule has 1 N–H and O–H groups in total. The van der Waals surface area contributed by atoms with Gasteiger partial charge in [-0.1, -0.05) is 23.4 Å². The molecule has 0 bridgehead atoms. The molecular formula is C23H25N5O3. The number of pyridine rings is 1. The summed E-state index contributed by atoms with van der Waals surface area (Å²) in [6.45, 7) is 2.73. The number of aromatic amines is 1. The van der Waals surface area contributed by atoms with Crippen molar-refractivity contribution in [2.24, 2.45) is 0 Å². The van der Waals surface area contributed by atoms with Crippen molar-refractivity contribution in [1.82, 2.24) is 25.0 Å². The Kier molecular flexibility index (Phi) is 5.64. The van der Waals surface area contributed by atoms with Gasteiger partial charge in [0.05, 0.1) is 18.2 Å². The van der Waals surface area contributed by atoms with E-state index in [1.165, 1.54) is 10.9 Å². The fraction of sp³-hybridized carbons (Fsp3) is 0.348. The number of likely N-dealkylation sites (tertiary alicyclic amines) is 1. The second-order valence-electron chi connectivity index (χ2n) is 7.64. The number of ether oxygens (including phenoxy) is 2. The molecule has 8 heteroatoms. The lowest BCUT2D eigenvalue weighted by Gasteiger charge is -2.21. The zero-order chi connectivity index (χ0) is 21.0. The van der Waals surface area contributed by atoms with E-state index in [2.05, 4.69) is 44.4 Å². The predicted molar refractivity (Wildman–Crippen MR) is 116 cm³/mol. The van der Waals surface area contributed by atoms with Crippen LogP contribution >= 0.6 is 0 Å². The fourth-order valence-corrected chi connectivity index (χ4v) is 4.15. The van der Waals surface area contributed by atoms with Crippen LogP contribution in [0.15, 0.2) is 53.3 Å². The molecule has 31 heavy (non-hydrogen) atoms. The minimum atomic E-state index is 0.101. The standard InChI is InChI=1S/C23H25N5O3/c1-29-12-13-30-22-18(7-4-10-24-22)21-26-23(31-27-21)20-9-5-11-28(20)15-16-14-25-19-8-3-2-6-17(16)19/h2-4,6-8,10,14,20,25H,5,9,11-13,15H2,1H3/t20-/m0/s1. The molecule has 4 aromatic rings. The number of H-pyrrole nitrogens is 1. The van der Waals surface area contributed by atoms with E-state index in [0.29, 0.717) is 30.8 Å². The molecule has 8 nitrogen and oxygen atoms in total. The summed E-state index contributed by atoms with van der Waals surface area (Å²) in [5.74, 6) is 1.61. The Morgan fingerprint density at radius 3 is 3.06 bits per heavy atom. The zero-order valence-corrected chi connectivity index (χ0v) is 17.5. The van der Waals surface area contributed by atoms with Crippen LogP contribution in [-0.2, 0) is 11.3 Å². The maximum absolute atomic E-state index is 5.73. The van der Waals surface area contributed by atoms with Crippen LogP contribution in [-0.4, -0.2) is 51.9 Å². The highest BCUT2D eigenvalue weighted by atomic mass is 16.5. The van der Waals surface area contributed by atoms with E-state index in [1.807, 2.05) is 18.2 Å². The number of hydrogen-bond acceptors (Lipinski definition) is 7. The van der Waals surface area contributed by atoms with Crippen LogP contribution in [0.25, 0.3) is 22.3 Å². The number of nitrogens with zero attached hydrogens (tertiary/aromatic N) is 4. The summed E-state index contributed by atoms with van der Waals surface area (Å²) >= 11 is 0. The van der Waals surface area contributed by atoms with Gasteiger partial charge in [-0.3, -0.25) is 4.90 Å². The third-order valence-electron chi connectivity index (χ3n) is 5.68. The maximum Gasteiger partial charge on any atom is 0.244 e. The van der Waals surface area contributed by atoms with Crippen LogP contribution in [0.3, 0.4) is 0 Å². The molecule has 1 fully saturated rings. The maximum atomic E-state index is 5.73. The van der Waals surface area contributed by atoms with Gasteiger partial charge in [0.25, 0.3) is 0 Å². The zero-order valence-electron chi connectivity index (χ0n) is 17.5. The van der Waals surface area contributed by atoms with Crippen LogP contribution < -0.4 is 4.74 Å². The van der Waals surface area contributed by atoms with E-state index in [0.717, 1.165) is 37.0 Å². The third kappa shape index (κ3) is 4.04. The van der Waals surface area contributed by atoms with Crippen LogP contribution in [0, 0.1) is 0 Å². The van der Waals surface area contributed by atoms with Gasteiger partial charge in [-0.05, 0) is 43.1 Å². The number of para-hydroxylation sites is 1. The van der Waals surface area contributed by atoms with Gasteiger partial charge in [0.15, 0.2) is 0 Å². The fourth-order valence-electron chi connectivity index (χ4n) is 4.15. The highest BCUT2D eigenvalue weighted by Crippen LogP contribution is 2.35. The van der Waals surface area contributed by atoms with Gasteiger partial charge in [0.2, 0.25) is 17.6 Å². The normalized spacial score (nSPS) is 16.9. The number of nitrogens with one attached hydrogen (secondary N) is 1. The third-order valence-corrected chi connectivity index (χ3v) is 5.68. The summed E-state index contributed by atoms with van der Waals surface area (Å²) in [5, 5.41) is 5.49. The van der Waals surface area contributed by atoms with Gasteiger partial charge in [-0.2, -0.15) is 4.98 Å². The molecule has 1 aliphatic heterocycles. The Bertz CT molecular complexity index is 1150. The van der Waals surface area contributed by atoms with E-state index in [9.17, 15) is 0 Å². The molecule has 0 radical (unpaired) electrons. The smallest absolute Gasteiger partial charge is 0.244 e. The minimum absolute atomic E-state index is 0.101. The number of benzene rings is 1. The Morgan fingerprint density at radius 2 is 2.13 bits per heavy atom. The number of aromatic nitrogens is 4. The first-order valence-electron chi connectivity index (χ1n) is 10.5. The molecule has 0 aliphatic carbocycles. The van der Waals surface area contributed by atoms with Gasteiger partial charge < -0.3 is 19.0 Å². The molecule has 1 aliphatic rings. The van der Waals surface area contributed by atoms with Crippen molar-refractivity contribution in [1.29, 1.82) is 0 Å². The van der Waals surface area contributed by atoms with E-state index in [4.69, 9.17) is 19.0 Å². The monoisotopic (exact) mass is 419 g/mol. The highest BCUT2D eigenvalue weighted by molar-refractivity contribution is 5.82. The molecule has 0 unspecified atom stereocenters. The average Bonchev–Trinajstić information content (AvgIpc) is 3.55. The number of methoxy groups -OCH3 is 1. The Balaban J connectivity index is 1.36. The van der Waals surface area contributed by atoms with Crippen molar-refractivity contribution in [2.45, 2.75) is 25.4 Å². The summed E-state index contributed by atoms with van der Waals surface area (Å²) in [6, 6.07) is 12.2. The second-order valence-corrected chi connectivity index (χ2v) is 7.64. The molecule has 1 atom stereocenters. The first-order valence-corrected chi connectivity index (χ1v) is 10.5. The largest absolute Gasteiger partial charge is 0.475 e. The van der Waals surface area contributed by atoms with Crippen molar-refractivity contribution in [3.05, 3.63) is 60.2 Å². The number of fused-ring (bicyclic) bond motifs is 1. The first kappa shape index (κ1) is 19.7. The van der Waals surface area contributed by atoms with Crippen LogP contribution in [0.2, 0.25) is 0 Å². The van der Waals surface area contributed by atoms with Gasteiger partial charge in [-0.15, -0.1) is 0 Å². The average molecular weight is 419 g/mol. The van der Waals surface area contributed by atoms with Crippen molar-refractivity contribution in [3.63, 3.8) is 0 Å². The Hall–Kier alpha value is -3.23. The lowest BCUT2D eigenvalue weighted by molar-refractivity contribution is 0.144. The molecule has 0 amide bonds. The topological polar surface area (TPSA) is 89.3 Å². The van der Waals surface area contributed by atoms with Crippen molar-refractivity contribution < 1.29 is 14.0 Å². The summed E-state index contributed by atoms with van der Waals surface area (Å²) in [6.07, 6.45) is 5.88. The Labute approximate surface area is 180 Å². The summed E-state index contributed by atoms with van der Waals surface area (Å²) < 4.78 is 16.5. The summed E-state index contributed by atoms with van der Waals surface area (Å²) in [5.41, 5.74) is 3.16. The van der Waals surface area contributed by atoms with E-state index < -0.39 is 0 Å². The molecule has 5 rings (SSSR count). The van der Waals surface area contributed by atoms with Crippen molar-refractivity contribution in [3.8, 4) is 17.3 Å². The molecule has 0 spiro atoms. The van der Waals surface area contributed by atoms with E-state index in [-0.39, 0.29) is 6.04 Å². The molecule has 3 aromatic heterocycles. The highest BCUT2D eigenvalue weighted by Gasteiger charge is 2.31. The molecule has 4 heterocycles. The summed E-state index contributed by atoms with van der Waals surface area (Å²) in [7, 11) is 1.64. The van der Waals surface area contributed by atoms with E-state index in [1.54, 1.807) is 13.3 Å². The Morgan fingerprint density at radius 1 is 1.19 bits per heavy atom. The van der Waals surface area contributed by atoms with Gasteiger partial charge in [-0.25, -0.2) is 4.98 Å². The second kappa shape index (κ2) is 8.87. The van der Waals surface area contributed by atoms with Crippen molar-refractivity contribution in [2.75, 3.05) is 26.9 Å². The SMILES string of the molecule is COCCOc1ncccc1-c1noc([C@@H]2CCCN2Cc2c[nH]c3ccccc23)n1. The summed E-state index contributed by atoms with van der Waals surface area (Å²) in [4.78, 5) is 14.8. The van der Waals surface area contributed by atoms with Gasteiger partial charge in [0, 0.05) is 37.0 Å². The number of rotatable bonds is 8. The van der Waals surface area contributed by atoms with Crippen molar-refractivity contribution >= 4 is 10.9 Å². The predicted octanol–water partition coefficient (Wildman–Crippen LogP) is 3.98. The molecule has 1 aromatic carbocycles. The molecule has 0 saturated carbocycles. The van der Waals surface area contributed by atoms with Gasteiger partial charge >= 0.3 is 0 Å². The first-order chi connectivity index (χ1) is 15.3. The van der Waals surface area contributed by atoms with Crippen LogP contribution in [0.4, 0.5) is 0 Å². The molecule has 160 valence electrons. The van der Waals surface area contributed by atoms with Gasteiger partial charge in [0.1, 0.15) is 6.61 Å². The lowest BCUT2D eigenvalue weighted by atomic mass is 10.1. The molecule has 1 saturated heterocycles. The van der Waals surface area contributed by atoms with E-state index >= 15 is 0 Å². The number of hydrogen-bond donors (Lipinski definition) is 1. The minimum Gasteiger partial charge on any atom is -0.475 e. The van der Waals surface area contributed by atoms with Crippen LogP contribution in [0.5, 0.6) is 5.88 Å². The van der Waals surface area contributed by atoms with Crippen LogP contribution in [0.1, 0.15) is 30.3 Å². The lowest BCUT2D eigenvalue weighted by Crippen LogP contribution is -2.22. The quantitative estimate of drug-likeness (QED) is 0.432. The molecular weight excluding hydrogens is 394 g/mol.